The molecule has 0 amide bonds. The predicted molar refractivity (Wildman–Crippen MR) is 52.9 cm³/mol. The first-order valence-corrected chi connectivity index (χ1v) is 4.28. The van der Waals surface area contributed by atoms with Crippen molar-refractivity contribution in [3.05, 3.63) is 35.4 Å². The van der Waals surface area contributed by atoms with Crippen LogP contribution < -0.4 is 0 Å². The average molecular weight is 161 g/mol. The zero-order chi connectivity index (χ0) is 8.97. The Bertz CT molecular complexity index is 276. The molecule has 1 aromatic rings. The second-order valence-corrected chi connectivity index (χ2v) is 3.21. The molecule has 12 heavy (non-hydrogen) atoms. The van der Waals surface area contributed by atoms with E-state index in [1.165, 1.54) is 11.1 Å². The molecule has 0 bridgehead atoms. The van der Waals surface area contributed by atoms with Crippen LogP contribution in [0.3, 0.4) is 0 Å². The van der Waals surface area contributed by atoms with Crippen molar-refractivity contribution >= 4 is 5.71 Å². The van der Waals surface area contributed by atoms with Gasteiger partial charge in [0, 0.05) is 5.71 Å². The Labute approximate surface area is 73.9 Å². The summed E-state index contributed by atoms with van der Waals surface area (Å²) in [6.45, 7) is 3.98. The molecule has 0 fully saturated rings. The molecule has 0 spiro atoms. The number of aryl methyl sites for hydroxylation is 2. The summed E-state index contributed by atoms with van der Waals surface area (Å²) in [6.07, 6.45) is 1.88. The van der Waals surface area contributed by atoms with E-state index >= 15 is 0 Å². The third-order valence-corrected chi connectivity index (χ3v) is 2.03. The molecule has 0 aliphatic carbocycles. The Balaban J connectivity index is 2.63. The summed E-state index contributed by atoms with van der Waals surface area (Å²) in [5, 5.41) is 7.31. The molecule has 0 unspecified atom stereocenters. The second kappa shape index (κ2) is 4.05. The Kier molecular flexibility index (Phi) is 3.03. The van der Waals surface area contributed by atoms with E-state index in [1.807, 2.05) is 6.92 Å². The Hall–Kier alpha value is -1.11. The maximum absolute atomic E-state index is 7.31. The van der Waals surface area contributed by atoms with Crippen LogP contribution in [0.5, 0.6) is 0 Å². The first-order valence-electron chi connectivity index (χ1n) is 4.28. The van der Waals surface area contributed by atoms with Gasteiger partial charge in [0.1, 0.15) is 0 Å². The Morgan fingerprint density at radius 1 is 1.33 bits per heavy atom. The van der Waals surface area contributed by atoms with Gasteiger partial charge in [-0.15, -0.1) is 0 Å². The molecule has 0 aromatic heterocycles. The van der Waals surface area contributed by atoms with Crippen LogP contribution in [0.2, 0.25) is 0 Å². The highest BCUT2D eigenvalue weighted by Gasteiger charge is 1.96. The molecule has 0 saturated carbocycles. The van der Waals surface area contributed by atoms with Crippen LogP contribution in [-0.2, 0) is 6.42 Å². The molecule has 64 valence electrons. The highest BCUT2D eigenvalue weighted by atomic mass is 14.4. The molecule has 1 aromatic carbocycles. The number of benzene rings is 1. The van der Waals surface area contributed by atoms with Gasteiger partial charge in [-0.2, -0.15) is 0 Å². The highest BCUT2D eigenvalue weighted by molar-refractivity contribution is 5.78. The molecule has 0 aliphatic rings. The van der Waals surface area contributed by atoms with Gasteiger partial charge in [0.05, 0.1) is 0 Å². The molecule has 0 radical (unpaired) electrons. The maximum atomic E-state index is 7.31. The average Bonchev–Trinajstić information content (AvgIpc) is 2.03. The fourth-order valence-corrected chi connectivity index (χ4v) is 1.21. The summed E-state index contributed by atoms with van der Waals surface area (Å²) in [5.41, 5.74) is 3.46. The van der Waals surface area contributed by atoms with E-state index in [1.54, 1.807) is 0 Å². The highest BCUT2D eigenvalue weighted by Crippen LogP contribution is 2.09. The van der Waals surface area contributed by atoms with E-state index in [9.17, 15) is 0 Å². The lowest BCUT2D eigenvalue weighted by Crippen LogP contribution is -1.94. The van der Waals surface area contributed by atoms with Crippen molar-refractivity contribution in [2.45, 2.75) is 26.7 Å². The molecule has 1 rings (SSSR count). The lowest BCUT2D eigenvalue weighted by Gasteiger charge is -2.03. The molecule has 1 heteroatoms. The molecule has 0 heterocycles. The standard InChI is InChI=1S/C11H15N/c1-9-5-3-4-6-11(9)8-7-10(2)12/h3-6,12H,7-8H2,1-2H3. The molecular weight excluding hydrogens is 146 g/mol. The summed E-state index contributed by atoms with van der Waals surface area (Å²) >= 11 is 0. The molecule has 0 aliphatic heterocycles. The van der Waals surface area contributed by atoms with E-state index in [2.05, 4.69) is 31.2 Å². The van der Waals surface area contributed by atoms with Crippen molar-refractivity contribution in [2.24, 2.45) is 0 Å². The first kappa shape index (κ1) is 8.98. The van der Waals surface area contributed by atoms with Gasteiger partial charge >= 0.3 is 0 Å². The summed E-state index contributed by atoms with van der Waals surface area (Å²) in [4.78, 5) is 0. The minimum absolute atomic E-state index is 0.762. The lowest BCUT2D eigenvalue weighted by molar-refractivity contribution is 1.01. The Morgan fingerprint density at radius 3 is 2.58 bits per heavy atom. The Morgan fingerprint density at radius 2 is 2.00 bits per heavy atom. The number of rotatable bonds is 3. The van der Waals surface area contributed by atoms with Crippen LogP contribution in [0.4, 0.5) is 0 Å². The predicted octanol–water partition coefficient (Wildman–Crippen LogP) is 2.97. The van der Waals surface area contributed by atoms with Crippen LogP contribution in [-0.4, -0.2) is 5.71 Å². The number of hydrogen-bond donors (Lipinski definition) is 1. The van der Waals surface area contributed by atoms with Gasteiger partial charge in [0.2, 0.25) is 0 Å². The zero-order valence-electron chi connectivity index (χ0n) is 7.72. The van der Waals surface area contributed by atoms with E-state index in [-0.39, 0.29) is 0 Å². The summed E-state index contributed by atoms with van der Waals surface area (Å²) in [6, 6.07) is 8.37. The van der Waals surface area contributed by atoms with Crippen molar-refractivity contribution in [1.82, 2.24) is 0 Å². The zero-order valence-corrected chi connectivity index (χ0v) is 7.72. The largest absolute Gasteiger partial charge is 0.310 e. The summed E-state index contributed by atoms with van der Waals surface area (Å²) < 4.78 is 0. The van der Waals surface area contributed by atoms with Gasteiger partial charge in [-0.3, -0.25) is 0 Å². The molecular formula is C11H15N. The van der Waals surface area contributed by atoms with Gasteiger partial charge in [-0.1, -0.05) is 24.3 Å². The van der Waals surface area contributed by atoms with Gasteiger partial charge in [-0.05, 0) is 37.8 Å². The normalized spacial score (nSPS) is 9.83. The van der Waals surface area contributed by atoms with Crippen LogP contribution >= 0.6 is 0 Å². The van der Waals surface area contributed by atoms with Gasteiger partial charge in [0.15, 0.2) is 0 Å². The fraction of sp³-hybridized carbons (Fsp3) is 0.364. The van der Waals surface area contributed by atoms with E-state index in [0.717, 1.165) is 18.6 Å². The second-order valence-electron chi connectivity index (χ2n) is 3.21. The van der Waals surface area contributed by atoms with Crippen LogP contribution in [0.25, 0.3) is 0 Å². The summed E-state index contributed by atoms with van der Waals surface area (Å²) in [7, 11) is 0. The summed E-state index contributed by atoms with van der Waals surface area (Å²) in [5.74, 6) is 0. The quantitative estimate of drug-likeness (QED) is 0.659. The third-order valence-electron chi connectivity index (χ3n) is 2.03. The van der Waals surface area contributed by atoms with Gasteiger partial charge in [-0.25, -0.2) is 0 Å². The molecule has 0 atom stereocenters. The van der Waals surface area contributed by atoms with Crippen molar-refractivity contribution in [1.29, 1.82) is 5.41 Å². The third kappa shape index (κ3) is 2.50. The molecule has 1 N–H and O–H groups in total. The SMILES string of the molecule is CC(=N)CCc1ccccc1C. The topological polar surface area (TPSA) is 23.9 Å². The van der Waals surface area contributed by atoms with Gasteiger partial charge in [0.25, 0.3) is 0 Å². The molecule has 0 saturated heterocycles. The van der Waals surface area contributed by atoms with E-state index < -0.39 is 0 Å². The lowest BCUT2D eigenvalue weighted by atomic mass is 10.0. The van der Waals surface area contributed by atoms with Crippen molar-refractivity contribution in [3.8, 4) is 0 Å². The monoisotopic (exact) mass is 161 g/mol. The van der Waals surface area contributed by atoms with Crippen molar-refractivity contribution in [3.63, 3.8) is 0 Å². The minimum atomic E-state index is 0.762. The van der Waals surface area contributed by atoms with Crippen molar-refractivity contribution < 1.29 is 0 Å². The molecule has 1 nitrogen and oxygen atoms in total. The minimum Gasteiger partial charge on any atom is -0.310 e. The smallest absolute Gasteiger partial charge is 0.00615 e. The van der Waals surface area contributed by atoms with E-state index in [4.69, 9.17) is 5.41 Å². The van der Waals surface area contributed by atoms with E-state index in [0.29, 0.717) is 0 Å². The fourth-order valence-electron chi connectivity index (χ4n) is 1.21. The number of hydrogen-bond acceptors (Lipinski definition) is 1. The van der Waals surface area contributed by atoms with Crippen LogP contribution in [0, 0.1) is 12.3 Å². The van der Waals surface area contributed by atoms with Crippen LogP contribution in [0.1, 0.15) is 24.5 Å². The van der Waals surface area contributed by atoms with Crippen molar-refractivity contribution in [2.75, 3.05) is 0 Å². The van der Waals surface area contributed by atoms with Gasteiger partial charge < -0.3 is 5.41 Å². The maximum Gasteiger partial charge on any atom is 0.00615 e. The van der Waals surface area contributed by atoms with Crippen LogP contribution in [0.15, 0.2) is 24.3 Å². The number of nitrogens with one attached hydrogen (secondary N) is 1. The first-order chi connectivity index (χ1) is 5.70.